The summed E-state index contributed by atoms with van der Waals surface area (Å²) in [5.41, 5.74) is 0.164. The van der Waals surface area contributed by atoms with Gasteiger partial charge < -0.3 is 19.5 Å². The van der Waals surface area contributed by atoms with E-state index in [0.29, 0.717) is 10.7 Å². The Morgan fingerprint density at radius 3 is 1.98 bits per heavy atom. The molecule has 1 aliphatic heterocycles. The van der Waals surface area contributed by atoms with Crippen LogP contribution in [0.3, 0.4) is 0 Å². The number of sulfonamides is 2. The molecule has 0 radical (unpaired) electrons. The molecule has 2 N–H and O–H groups in total. The zero-order valence-corrected chi connectivity index (χ0v) is 25.1. The summed E-state index contributed by atoms with van der Waals surface area (Å²) in [4.78, 5) is 13.4. The molecule has 4 rings (SSSR count). The lowest BCUT2D eigenvalue weighted by molar-refractivity contribution is -0.0440. The maximum atomic E-state index is 13.4. The lowest BCUT2D eigenvalue weighted by Gasteiger charge is -2.34. The van der Waals surface area contributed by atoms with Crippen LogP contribution in [0.5, 0.6) is 11.5 Å². The predicted octanol–water partition coefficient (Wildman–Crippen LogP) is 4.21. The van der Waals surface area contributed by atoms with Gasteiger partial charge in [0.25, 0.3) is 15.9 Å². The number of rotatable bonds is 9. The lowest BCUT2D eigenvalue weighted by atomic mass is 10.1. The first-order chi connectivity index (χ1) is 19.3. The second kappa shape index (κ2) is 12.2. The fourth-order valence-corrected chi connectivity index (χ4v) is 7.14. The first-order valence-corrected chi connectivity index (χ1v) is 15.8. The average Bonchev–Trinajstić information content (AvgIpc) is 2.92. The number of morpholine rings is 1. The van der Waals surface area contributed by atoms with Crippen LogP contribution in [0.1, 0.15) is 24.2 Å². The van der Waals surface area contributed by atoms with Gasteiger partial charge in [-0.15, -0.1) is 0 Å². The molecule has 1 heterocycles. The SMILES string of the molecule is COc1cc(NS(=O)(=O)c2ccc(Cl)cc2)c(C(=O)Nc2ccc(S(=O)(=O)N3CC(C)OC(C)C3)cc2)cc1OC. The summed E-state index contributed by atoms with van der Waals surface area (Å²) >= 11 is 5.88. The highest BCUT2D eigenvalue weighted by Crippen LogP contribution is 2.35. The van der Waals surface area contributed by atoms with E-state index in [2.05, 4.69) is 10.0 Å². The van der Waals surface area contributed by atoms with Crippen molar-refractivity contribution >= 4 is 48.9 Å². The number of amides is 1. The molecule has 41 heavy (non-hydrogen) atoms. The van der Waals surface area contributed by atoms with Gasteiger partial charge in [-0.1, -0.05) is 11.6 Å². The molecule has 0 aliphatic carbocycles. The number of halogens is 1. The molecule has 1 amide bonds. The molecule has 3 aromatic rings. The van der Waals surface area contributed by atoms with Crippen molar-refractivity contribution in [1.82, 2.24) is 4.31 Å². The normalized spacial score (nSPS) is 18.0. The zero-order valence-electron chi connectivity index (χ0n) is 22.8. The van der Waals surface area contributed by atoms with Crippen molar-refractivity contribution in [1.29, 1.82) is 0 Å². The van der Waals surface area contributed by atoms with Crippen LogP contribution in [0.25, 0.3) is 0 Å². The fraction of sp³-hybridized carbons (Fsp3) is 0.296. The first-order valence-electron chi connectivity index (χ1n) is 12.5. The highest BCUT2D eigenvalue weighted by Gasteiger charge is 2.32. The second-order valence-corrected chi connectivity index (χ2v) is 13.4. The van der Waals surface area contributed by atoms with Crippen LogP contribution in [0.4, 0.5) is 11.4 Å². The van der Waals surface area contributed by atoms with Gasteiger partial charge in [-0.2, -0.15) is 4.31 Å². The maximum absolute atomic E-state index is 13.4. The maximum Gasteiger partial charge on any atom is 0.261 e. The number of hydrogen-bond donors (Lipinski definition) is 2. The standard InChI is InChI=1S/C27H30ClN3O8S2/c1-17-15-31(16-18(2)39-17)41(35,36)22-11-7-20(8-12-22)29-27(32)23-13-25(37-3)26(38-4)14-24(23)30-40(33,34)21-9-5-19(28)6-10-21/h5-14,17-18,30H,15-16H2,1-4H3,(H,29,32). The van der Waals surface area contributed by atoms with Gasteiger partial charge in [0.05, 0.1) is 47.5 Å². The topological polar surface area (TPSA) is 140 Å². The van der Waals surface area contributed by atoms with Gasteiger partial charge in [0.15, 0.2) is 11.5 Å². The largest absolute Gasteiger partial charge is 0.493 e. The molecule has 1 saturated heterocycles. The van der Waals surface area contributed by atoms with E-state index in [1.807, 2.05) is 13.8 Å². The first kappa shape index (κ1) is 30.6. The Labute approximate surface area is 244 Å². The molecular weight excluding hydrogens is 594 g/mol. The van der Waals surface area contributed by atoms with Gasteiger partial charge in [-0.05, 0) is 68.4 Å². The summed E-state index contributed by atoms with van der Waals surface area (Å²) in [7, 11) is -5.12. The molecule has 2 unspecified atom stereocenters. The smallest absolute Gasteiger partial charge is 0.261 e. The summed E-state index contributed by atoms with van der Waals surface area (Å²) in [6.45, 7) is 4.10. The number of benzene rings is 3. The Kier molecular flexibility index (Phi) is 9.14. The van der Waals surface area contributed by atoms with E-state index in [9.17, 15) is 21.6 Å². The Bertz CT molecular complexity index is 1620. The van der Waals surface area contributed by atoms with Gasteiger partial charge in [-0.25, -0.2) is 16.8 Å². The van der Waals surface area contributed by atoms with Crippen LogP contribution < -0.4 is 19.5 Å². The van der Waals surface area contributed by atoms with Crippen molar-refractivity contribution in [3.8, 4) is 11.5 Å². The van der Waals surface area contributed by atoms with Crippen molar-refractivity contribution in [3.63, 3.8) is 0 Å². The Morgan fingerprint density at radius 1 is 0.878 bits per heavy atom. The van der Waals surface area contributed by atoms with Crippen molar-refractivity contribution in [2.75, 3.05) is 37.3 Å². The van der Waals surface area contributed by atoms with E-state index in [1.165, 1.54) is 79.2 Å². The minimum absolute atomic E-state index is 0.0619. The molecule has 14 heteroatoms. The second-order valence-electron chi connectivity index (χ2n) is 9.37. The molecule has 0 spiro atoms. The average molecular weight is 624 g/mol. The van der Waals surface area contributed by atoms with E-state index in [4.69, 9.17) is 25.8 Å². The molecule has 0 bridgehead atoms. The summed E-state index contributed by atoms with van der Waals surface area (Å²) in [6, 6.07) is 13.9. The number of nitrogens with zero attached hydrogens (tertiary/aromatic N) is 1. The predicted molar refractivity (Wildman–Crippen MR) is 155 cm³/mol. The number of nitrogens with one attached hydrogen (secondary N) is 2. The zero-order chi connectivity index (χ0) is 29.9. The van der Waals surface area contributed by atoms with Crippen LogP contribution in [0.15, 0.2) is 70.5 Å². The molecule has 0 aromatic heterocycles. The van der Waals surface area contributed by atoms with Gasteiger partial charge in [0.2, 0.25) is 10.0 Å². The highest BCUT2D eigenvalue weighted by atomic mass is 35.5. The number of ether oxygens (including phenoxy) is 3. The molecule has 2 atom stereocenters. The van der Waals surface area contributed by atoms with E-state index < -0.39 is 26.0 Å². The number of methoxy groups -OCH3 is 2. The quantitative estimate of drug-likeness (QED) is 0.361. The van der Waals surface area contributed by atoms with Crippen LogP contribution in [-0.2, 0) is 24.8 Å². The molecular formula is C27H30ClN3O8S2. The van der Waals surface area contributed by atoms with Crippen molar-refractivity contribution < 1.29 is 35.8 Å². The third-order valence-corrected chi connectivity index (χ3v) is 9.75. The summed E-state index contributed by atoms with van der Waals surface area (Å²) in [6.07, 6.45) is -0.472. The number of carbonyl (C=O) groups excluding carboxylic acids is 1. The van der Waals surface area contributed by atoms with E-state index in [-0.39, 0.29) is 57.8 Å². The molecule has 3 aromatic carbocycles. The van der Waals surface area contributed by atoms with Crippen LogP contribution in [0.2, 0.25) is 5.02 Å². The van der Waals surface area contributed by atoms with Gasteiger partial charge >= 0.3 is 0 Å². The molecule has 0 saturated carbocycles. The molecule has 1 aliphatic rings. The van der Waals surface area contributed by atoms with Crippen LogP contribution in [0, 0.1) is 0 Å². The summed E-state index contributed by atoms with van der Waals surface area (Å²) in [5.74, 6) is -0.284. The van der Waals surface area contributed by atoms with Gasteiger partial charge in [0, 0.05) is 29.9 Å². The van der Waals surface area contributed by atoms with Crippen molar-refractivity contribution in [2.24, 2.45) is 0 Å². The van der Waals surface area contributed by atoms with Crippen molar-refractivity contribution in [2.45, 2.75) is 35.8 Å². The minimum Gasteiger partial charge on any atom is -0.493 e. The molecule has 220 valence electrons. The van der Waals surface area contributed by atoms with Gasteiger partial charge in [-0.3, -0.25) is 9.52 Å². The fourth-order valence-electron chi connectivity index (χ4n) is 4.35. The van der Waals surface area contributed by atoms with E-state index >= 15 is 0 Å². The van der Waals surface area contributed by atoms with E-state index in [1.54, 1.807) is 0 Å². The van der Waals surface area contributed by atoms with Crippen LogP contribution in [-0.4, -0.2) is 66.6 Å². The van der Waals surface area contributed by atoms with E-state index in [0.717, 1.165) is 0 Å². The number of anilines is 2. The van der Waals surface area contributed by atoms with Crippen molar-refractivity contribution in [3.05, 3.63) is 71.2 Å². The number of carbonyl (C=O) groups is 1. The summed E-state index contributed by atoms with van der Waals surface area (Å²) < 4.78 is 72.5. The summed E-state index contributed by atoms with van der Waals surface area (Å²) in [5, 5.41) is 3.04. The monoisotopic (exact) mass is 623 g/mol. The Balaban J connectivity index is 1.61. The Morgan fingerprint density at radius 2 is 1.41 bits per heavy atom. The third kappa shape index (κ3) is 6.93. The minimum atomic E-state index is -4.11. The highest BCUT2D eigenvalue weighted by molar-refractivity contribution is 7.92. The van der Waals surface area contributed by atoms with Crippen LogP contribution >= 0.6 is 11.6 Å². The third-order valence-electron chi connectivity index (χ3n) is 6.27. The Hall–Kier alpha value is -3.36. The van der Waals surface area contributed by atoms with Gasteiger partial charge in [0.1, 0.15) is 0 Å². The molecule has 11 nitrogen and oxygen atoms in total. The molecule has 1 fully saturated rings. The lowest BCUT2D eigenvalue weighted by Crippen LogP contribution is -2.48. The number of hydrogen-bond acceptors (Lipinski definition) is 8.